The number of anilines is 2. The number of aryl methyl sites for hydroxylation is 1. The first-order valence-electron chi connectivity index (χ1n) is 5.35. The van der Waals surface area contributed by atoms with E-state index in [1.807, 2.05) is 37.3 Å². The van der Waals surface area contributed by atoms with Crippen LogP contribution in [0.3, 0.4) is 0 Å². The van der Waals surface area contributed by atoms with Crippen LogP contribution in [0.4, 0.5) is 11.5 Å². The molecule has 0 unspecified atom stereocenters. The molecule has 1 heterocycles. The summed E-state index contributed by atoms with van der Waals surface area (Å²) in [4.78, 5) is 4.25. The third-order valence-electron chi connectivity index (χ3n) is 2.43. The molecular weight excluding hydrogens is 234 g/mol. The van der Waals surface area contributed by atoms with Gasteiger partial charge in [0.25, 0.3) is 0 Å². The van der Waals surface area contributed by atoms with Crippen LogP contribution in [0, 0.1) is 6.92 Å². The van der Waals surface area contributed by atoms with Gasteiger partial charge in [-0.25, -0.2) is 4.98 Å². The fourth-order valence-electron chi connectivity index (χ4n) is 1.53. The van der Waals surface area contributed by atoms with Crippen molar-refractivity contribution in [2.45, 2.75) is 13.5 Å². The Labute approximate surface area is 106 Å². The van der Waals surface area contributed by atoms with Gasteiger partial charge in [0.2, 0.25) is 0 Å². The lowest BCUT2D eigenvalue weighted by Gasteiger charge is -2.08. The van der Waals surface area contributed by atoms with Gasteiger partial charge in [-0.15, -0.1) is 0 Å². The fourth-order valence-corrected chi connectivity index (χ4v) is 1.65. The van der Waals surface area contributed by atoms with Gasteiger partial charge in [-0.1, -0.05) is 23.7 Å². The van der Waals surface area contributed by atoms with Crippen molar-refractivity contribution in [1.29, 1.82) is 0 Å². The van der Waals surface area contributed by atoms with Gasteiger partial charge in [-0.3, -0.25) is 0 Å². The van der Waals surface area contributed by atoms with E-state index in [1.165, 1.54) is 0 Å². The average Bonchev–Trinajstić information content (AvgIpc) is 2.30. The monoisotopic (exact) mass is 247 g/mol. The van der Waals surface area contributed by atoms with Gasteiger partial charge in [-0.05, 0) is 36.2 Å². The molecule has 0 bridgehead atoms. The molecule has 0 aliphatic heterocycles. The Morgan fingerprint density at radius 2 is 2.00 bits per heavy atom. The van der Waals surface area contributed by atoms with E-state index >= 15 is 0 Å². The van der Waals surface area contributed by atoms with Crippen molar-refractivity contribution in [3.05, 3.63) is 52.7 Å². The molecule has 17 heavy (non-hydrogen) atoms. The molecule has 0 radical (unpaired) electrons. The summed E-state index contributed by atoms with van der Waals surface area (Å²) in [5.41, 5.74) is 8.72. The number of benzene rings is 1. The smallest absolute Gasteiger partial charge is 0.149 e. The van der Waals surface area contributed by atoms with Gasteiger partial charge < -0.3 is 11.1 Å². The maximum absolute atomic E-state index is 5.86. The molecule has 0 fully saturated rings. The van der Waals surface area contributed by atoms with Crippen molar-refractivity contribution >= 4 is 23.1 Å². The lowest BCUT2D eigenvalue weighted by molar-refractivity contribution is 1.11. The Hall–Kier alpha value is -1.74. The summed E-state index contributed by atoms with van der Waals surface area (Å²) in [6.07, 6.45) is 1.79. The molecule has 4 heteroatoms. The second-order valence-corrected chi connectivity index (χ2v) is 4.37. The normalized spacial score (nSPS) is 10.2. The summed E-state index contributed by atoms with van der Waals surface area (Å²) < 4.78 is 0. The molecule has 3 nitrogen and oxygen atoms in total. The number of halogens is 1. The summed E-state index contributed by atoms with van der Waals surface area (Å²) in [6, 6.07) is 9.58. The Balaban J connectivity index is 2.04. The average molecular weight is 248 g/mol. The van der Waals surface area contributed by atoms with Gasteiger partial charge in [-0.2, -0.15) is 0 Å². The number of nitrogen functional groups attached to an aromatic ring is 1. The molecule has 0 spiro atoms. The van der Waals surface area contributed by atoms with Crippen molar-refractivity contribution in [3.8, 4) is 0 Å². The molecule has 0 saturated heterocycles. The second kappa shape index (κ2) is 5.06. The van der Waals surface area contributed by atoms with E-state index in [0.717, 1.165) is 16.1 Å². The Bertz CT molecular complexity index is 509. The van der Waals surface area contributed by atoms with Crippen molar-refractivity contribution in [3.63, 3.8) is 0 Å². The predicted octanol–water partition coefficient (Wildman–Crippen LogP) is 3.24. The quantitative estimate of drug-likeness (QED) is 0.876. The molecule has 0 aliphatic rings. The van der Waals surface area contributed by atoms with Crippen LogP contribution in [0.15, 0.2) is 36.5 Å². The number of nitrogens with zero attached hydrogens (tertiary/aromatic N) is 1. The number of rotatable bonds is 3. The molecule has 0 aliphatic carbocycles. The molecule has 88 valence electrons. The fraction of sp³-hybridized carbons (Fsp3) is 0.154. The summed E-state index contributed by atoms with van der Waals surface area (Å²) in [5, 5.41) is 3.93. The van der Waals surface area contributed by atoms with Crippen molar-refractivity contribution in [2.75, 3.05) is 11.1 Å². The largest absolute Gasteiger partial charge is 0.396 e. The van der Waals surface area contributed by atoms with E-state index in [4.69, 9.17) is 17.3 Å². The highest BCUT2D eigenvalue weighted by atomic mass is 35.5. The zero-order valence-electron chi connectivity index (χ0n) is 9.57. The lowest BCUT2D eigenvalue weighted by atomic mass is 10.2. The molecule has 0 amide bonds. The standard InChI is InChI=1S/C13H14ClN3/c1-9-6-12(15)13(16-7-9)17-8-10-2-4-11(14)5-3-10/h2-7H,8,15H2,1H3,(H,16,17). The Morgan fingerprint density at radius 1 is 1.29 bits per heavy atom. The van der Waals surface area contributed by atoms with E-state index in [-0.39, 0.29) is 0 Å². The topological polar surface area (TPSA) is 50.9 Å². The molecule has 0 atom stereocenters. The summed E-state index contributed by atoms with van der Waals surface area (Å²) in [6.45, 7) is 2.64. The lowest BCUT2D eigenvalue weighted by Crippen LogP contribution is -2.04. The molecule has 3 N–H and O–H groups in total. The predicted molar refractivity (Wildman–Crippen MR) is 72.2 cm³/mol. The van der Waals surface area contributed by atoms with Crippen LogP contribution in [0.25, 0.3) is 0 Å². The molecular formula is C13H14ClN3. The Morgan fingerprint density at radius 3 is 2.65 bits per heavy atom. The first-order valence-corrected chi connectivity index (χ1v) is 5.73. The van der Waals surface area contributed by atoms with Crippen LogP contribution in [-0.4, -0.2) is 4.98 Å². The van der Waals surface area contributed by atoms with Gasteiger partial charge in [0.05, 0.1) is 5.69 Å². The number of nitrogens with one attached hydrogen (secondary N) is 1. The third kappa shape index (κ3) is 3.11. The van der Waals surface area contributed by atoms with E-state index in [1.54, 1.807) is 6.20 Å². The molecule has 1 aromatic carbocycles. The zero-order chi connectivity index (χ0) is 12.3. The van der Waals surface area contributed by atoms with Crippen LogP contribution in [0.5, 0.6) is 0 Å². The maximum Gasteiger partial charge on any atom is 0.149 e. The highest BCUT2D eigenvalue weighted by Gasteiger charge is 2.00. The first kappa shape index (κ1) is 11.7. The summed E-state index contributed by atoms with van der Waals surface area (Å²) in [5.74, 6) is 0.713. The van der Waals surface area contributed by atoms with E-state index in [2.05, 4.69) is 10.3 Å². The van der Waals surface area contributed by atoms with Gasteiger partial charge >= 0.3 is 0 Å². The zero-order valence-corrected chi connectivity index (χ0v) is 10.3. The number of nitrogens with two attached hydrogens (primary N) is 1. The van der Waals surface area contributed by atoms with E-state index in [9.17, 15) is 0 Å². The minimum absolute atomic E-state index is 0.666. The molecule has 0 saturated carbocycles. The van der Waals surface area contributed by atoms with E-state index < -0.39 is 0 Å². The number of pyridine rings is 1. The summed E-state index contributed by atoms with van der Waals surface area (Å²) in [7, 11) is 0. The van der Waals surface area contributed by atoms with Gasteiger partial charge in [0.1, 0.15) is 5.82 Å². The van der Waals surface area contributed by atoms with Crippen molar-refractivity contribution in [2.24, 2.45) is 0 Å². The first-order chi connectivity index (χ1) is 8.15. The minimum Gasteiger partial charge on any atom is -0.396 e. The highest BCUT2D eigenvalue weighted by molar-refractivity contribution is 6.30. The van der Waals surface area contributed by atoms with Crippen LogP contribution >= 0.6 is 11.6 Å². The Kier molecular flexibility index (Phi) is 3.49. The third-order valence-corrected chi connectivity index (χ3v) is 2.68. The van der Waals surface area contributed by atoms with Crippen LogP contribution in [0.1, 0.15) is 11.1 Å². The van der Waals surface area contributed by atoms with Gasteiger partial charge in [0.15, 0.2) is 0 Å². The number of aromatic nitrogens is 1. The van der Waals surface area contributed by atoms with Crippen LogP contribution in [0.2, 0.25) is 5.02 Å². The SMILES string of the molecule is Cc1cnc(NCc2ccc(Cl)cc2)c(N)c1. The van der Waals surface area contributed by atoms with Gasteiger partial charge in [0, 0.05) is 17.8 Å². The van der Waals surface area contributed by atoms with Crippen molar-refractivity contribution < 1.29 is 0 Å². The molecule has 1 aromatic heterocycles. The molecule has 2 rings (SSSR count). The van der Waals surface area contributed by atoms with Crippen LogP contribution in [-0.2, 0) is 6.54 Å². The van der Waals surface area contributed by atoms with Crippen molar-refractivity contribution in [1.82, 2.24) is 4.98 Å². The molecule has 2 aromatic rings. The maximum atomic E-state index is 5.86. The minimum atomic E-state index is 0.666. The van der Waals surface area contributed by atoms with Crippen LogP contribution < -0.4 is 11.1 Å². The number of hydrogen-bond donors (Lipinski definition) is 2. The number of hydrogen-bond acceptors (Lipinski definition) is 3. The van der Waals surface area contributed by atoms with E-state index in [0.29, 0.717) is 18.1 Å². The highest BCUT2D eigenvalue weighted by Crippen LogP contribution is 2.17. The second-order valence-electron chi connectivity index (χ2n) is 3.93. The summed E-state index contributed by atoms with van der Waals surface area (Å²) >= 11 is 5.82.